The van der Waals surface area contributed by atoms with E-state index in [-0.39, 0.29) is 0 Å². The van der Waals surface area contributed by atoms with Crippen LogP contribution in [0.2, 0.25) is 0 Å². The maximum atomic E-state index is 5.43. The second-order valence-corrected chi connectivity index (χ2v) is 4.83. The van der Waals surface area contributed by atoms with Crippen LogP contribution in [0.5, 0.6) is 5.88 Å². The Labute approximate surface area is 118 Å². The Morgan fingerprint density at radius 1 is 1.30 bits per heavy atom. The summed E-state index contributed by atoms with van der Waals surface area (Å²) in [5.74, 6) is 2.04. The lowest BCUT2D eigenvalue weighted by Crippen LogP contribution is -2.20. The molecule has 1 saturated heterocycles. The molecule has 0 aromatic carbocycles. The lowest BCUT2D eigenvalue weighted by atomic mass is 10.0. The van der Waals surface area contributed by atoms with Crippen LogP contribution >= 0.6 is 0 Å². The van der Waals surface area contributed by atoms with Gasteiger partial charge < -0.3 is 9.64 Å². The molecule has 1 atom stereocenters. The number of nitrogens with zero attached hydrogens (tertiary/aromatic N) is 4. The van der Waals surface area contributed by atoms with E-state index in [9.17, 15) is 0 Å². The maximum absolute atomic E-state index is 5.43. The minimum absolute atomic E-state index is 0.474. The summed E-state index contributed by atoms with van der Waals surface area (Å²) in [4.78, 5) is 15.2. The SMILES string of the molecule is CCOc1cc(N2CCC(c3ccccn3)C2)ncn1. The summed E-state index contributed by atoms with van der Waals surface area (Å²) in [6.07, 6.45) is 4.52. The second-order valence-electron chi connectivity index (χ2n) is 4.83. The molecule has 5 nitrogen and oxygen atoms in total. The van der Waals surface area contributed by atoms with Crippen LogP contribution in [0, 0.1) is 0 Å². The van der Waals surface area contributed by atoms with Crippen LogP contribution in [0.1, 0.15) is 25.0 Å². The molecule has 3 heterocycles. The van der Waals surface area contributed by atoms with E-state index in [2.05, 4.69) is 25.9 Å². The van der Waals surface area contributed by atoms with Gasteiger partial charge >= 0.3 is 0 Å². The van der Waals surface area contributed by atoms with Crippen molar-refractivity contribution in [1.29, 1.82) is 0 Å². The molecule has 5 heteroatoms. The third kappa shape index (κ3) is 2.71. The molecule has 1 aliphatic rings. The van der Waals surface area contributed by atoms with Crippen LogP contribution in [-0.2, 0) is 0 Å². The Kier molecular flexibility index (Phi) is 3.76. The fourth-order valence-electron chi connectivity index (χ4n) is 2.56. The Morgan fingerprint density at radius 2 is 2.25 bits per heavy atom. The van der Waals surface area contributed by atoms with Crippen LogP contribution in [0.25, 0.3) is 0 Å². The quantitative estimate of drug-likeness (QED) is 0.853. The van der Waals surface area contributed by atoms with Gasteiger partial charge in [0.05, 0.1) is 6.61 Å². The fraction of sp³-hybridized carbons (Fsp3) is 0.400. The molecular formula is C15H18N4O. The molecule has 20 heavy (non-hydrogen) atoms. The molecule has 0 amide bonds. The number of hydrogen-bond donors (Lipinski definition) is 0. The van der Waals surface area contributed by atoms with Crippen molar-refractivity contribution in [3.05, 3.63) is 42.5 Å². The standard InChI is InChI=1S/C15H18N4O/c1-2-20-15-9-14(17-11-18-15)19-8-6-12(10-19)13-5-3-4-7-16-13/h3-5,7,9,11-12H,2,6,8,10H2,1H3. The van der Waals surface area contributed by atoms with Gasteiger partial charge in [-0.05, 0) is 25.5 Å². The number of pyridine rings is 1. The molecule has 104 valence electrons. The average molecular weight is 270 g/mol. The predicted octanol–water partition coefficient (Wildman–Crippen LogP) is 2.26. The first kappa shape index (κ1) is 12.8. The Bertz CT molecular complexity index is 561. The molecule has 2 aromatic heterocycles. The summed E-state index contributed by atoms with van der Waals surface area (Å²) < 4.78 is 5.43. The molecular weight excluding hydrogens is 252 g/mol. The van der Waals surface area contributed by atoms with Gasteiger partial charge in [0.25, 0.3) is 0 Å². The highest BCUT2D eigenvalue weighted by molar-refractivity contribution is 5.43. The summed E-state index contributed by atoms with van der Waals surface area (Å²) >= 11 is 0. The van der Waals surface area contributed by atoms with Crippen LogP contribution in [-0.4, -0.2) is 34.6 Å². The van der Waals surface area contributed by atoms with Crippen molar-refractivity contribution in [2.45, 2.75) is 19.3 Å². The molecule has 0 bridgehead atoms. The van der Waals surface area contributed by atoms with Crippen molar-refractivity contribution >= 4 is 5.82 Å². The Hall–Kier alpha value is -2.17. The average Bonchev–Trinajstić information content (AvgIpc) is 2.99. The molecule has 0 radical (unpaired) electrons. The zero-order chi connectivity index (χ0) is 13.8. The van der Waals surface area contributed by atoms with Crippen LogP contribution in [0.3, 0.4) is 0 Å². The van der Waals surface area contributed by atoms with Crippen molar-refractivity contribution in [3.8, 4) is 5.88 Å². The van der Waals surface area contributed by atoms with Gasteiger partial charge in [0.1, 0.15) is 12.1 Å². The van der Waals surface area contributed by atoms with E-state index in [0.717, 1.165) is 31.0 Å². The second kappa shape index (κ2) is 5.86. The van der Waals surface area contributed by atoms with Gasteiger partial charge in [0, 0.05) is 37.0 Å². The molecule has 0 spiro atoms. The van der Waals surface area contributed by atoms with Crippen molar-refractivity contribution in [1.82, 2.24) is 15.0 Å². The van der Waals surface area contributed by atoms with E-state index in [1.165, 1.54) is 0 Å². The summed E-state index contributed by atoms with van der Waals surface area (Å²) in [6.45, 7) is 4.51. The molecule has 0 aliphatic carbocycles. The van der Waals surface area contributed by atoms with E-state index in [0.29, 0.717) is 18.4 Å². The van der Waals surface area contributed by atoms with Crippen molar-refractivity contribution in [3.63, 3.8) is 0 Å². The van der Waals surface area contributed by atoms with E-state index in [1.54, 1.807) is 6.33 Å². The van der Waals surface area contributed by atoms with E-state index in [1.807, 2.05) is 31.3 Å². The summed E-state index contributed by atoms with van der Waals surface area (Å²) in [6, 6.07) is 8.00. The van der Waals surface area contributed by atoms with Crippen molar-refractivity contribution < 1.29 is 4.74 Å². The number of anilines is 1. The van der Waals surface area contributed by atoms with Crippen molar-refractivity contribution in [2.24, 2.45) is 0 Å². The smallest absolute Gasteiger partial charge is 0.218 e. The third-order valence-electron chi connectivity index (χ3n) is 3.54. The maximum Gasteiger partial charge on any atom is 0.218 e. The molecule has 0 saturated carbocycles. The highest BCUT2D eigenvalue weighted by Crippen LogP contribution is 2.29. The van der Waals surface area contributed by atoms with Gasteiger partial charge in [-0.3, -0.25) is 4.98 Å². The first-order valence-electron chi connectivity index (χ1n) is 6.97. The van der Waals surface area contributed by atoms with Crippen LogP contribution in [0.4, 0.5) is 5.82 Å². The summed E-state index contributed by atoms with van der Waals surface area (Å²) in [5, 5.41) is 0. The van der Waals surface area contributed by atoms with E-state index < -0.39 is 0 Å². The minimum Gasteiger partial charge on any atom is -0.478 e. The first-order chi connectivity index (χ1) is 9.86. The Morgan fingerprint density at radius 3 is 3.05 bits per heavy atom. The van der Waals surface area contributed by atoms with Crippen molar-refractivity contribution in [2.75, 3.05) is 24.6 Å². The van der Waals surface area contributed by atoms with Crippen LogP contribution < -0.4 is 9.64 Å². The lowest BCUT2D eigenvalue weighted by molar-refractivity contribution is 0.326. The number of ether oxygens (including phenoxy) is 1. The number of hydrogen-bond acceptors (Lipinski definition) is 5. The van der Waals surface area contributed by atoms with Gasteiger partial charge in [0.15, 0.2) is 0 Å². The topological polar surface area (TPSA) is 51.1 Å². The zero-order valence-corrected chi connectivity index (χ0v) is 11.6. The van der Waals surface area contributed by atoms with E-state index >= 15 is 0 Å². The van der Waals surface area contributed by atoms with Gasteiger partial charge in [-0.15, -0.1) is 0 Å². The lowest BCUT2D eigenvalue weighted by Gasteiger charge is -2.17. The predicted molar refractivity (Wildman–Crippen MR) is 77.0 cm³/mol. The third-order valence-corrected chi connectivity index (χ3v) is 3.54. The molecule has 2 aromatic rings. The monoisotopic (exact) mass is 270 g/mol. The minimum atomic E-state index is 0.474. The van der Waals surface area contributed by atoms with E-state index in [4.69, 9.17) is 4.74 Å². The van der Waals surface area contributed by atoms with Gasteiger partial charge in [0.2, 0.25) is 5.88 Å². The Balaban J connectivity index is 1.72. The highest BCUT2D eigenvalue weighted by Gasteiger charge is 2.25. The summed E-state index contributed by atoms with van der Waals surface area (Å²) in [7, 11) is 0. The number of aromatic nitrogens is 3. The largest absolute Gasteiger partial charge is 0.478 e. The van der Waals surface area contributed by atoms with Gasteiger partial charge in [-0.1, -0.05) is 6.07 Å². The normalized spacial score (nSPS) is 18.2. The molecule has 3 rings (SSSR count). The molecule has 1 unspecified atom stereocenters. The highest BCUT2D eigenvalue weighted by atomic mass is 16.5. The van der Waals surface area contributed by atoms with Crippen LogP contribution in [0.15, 0.2) is 36.8 Å². The van der Waals surface area contributed by atoms with Gasteiger partial charge in [-0.2, -0.15) is 0 Å². The molecule has 0 N–H and O–H groups in total. The molecule has 1 aliphatic heterocycles. The fourth-order valence-corrected chi connectivity index (χ4v) is 2.56. The van der Waals surface area contributed by atoms with Gasteiger partial charge in [-0.25, -0.2) is 9.97 Å². The first-order valence-corrected chi connectivity index (χ1v) is 6.97. The zero-order valence-electron chi connectivity index (χ0n) is 11.6. The summed E-state index contributed by atoms with van der Waals surface area (Å²) in [5.41, 5.74) is 1.16. The molecule has 1 fully saturated rings. The number of rotatable bonds is 4.